The zero-order chi connectivity index (χ0) is 18.9. The topological polar surface area (TPSA) is 112 Å². The maximum atomic E-state index is 9.92. The Hall–Kier alpha value is -3.68. The highest BCUT2D eigenvalue weighted by Crippen LogP contribution is 2.25. The van der Waals surface area contributed by atoms with Crippen LogP contribution in [-0.4, -0.2) is 30.3 Å². The lowest BCUT2D eigenvalue weighted by molar-refractivity contribution is 0.429. The number of aromatic hydroxyl groups is 1. The van der Waals surface area contributed by atoms with E-state index in [4.69, 9.17) is 0 Å². The van der Waals surface area contributed by atoms with Gasteiger partial charge in [0.15, 0.2) is 0 Å². The van der Waals surface area contributed by atoms with Gasteiger partial charge in [0.1, 0.15) is 0 Å². The average Bonchev–Trinajstić information content (AvgIpc) is 3.09. The van der Waals surface area contributed by atoms with E-state index in [2.05, 4.69) is 35.8 Å². The van der Waals surface area contributed by atoms with Crippen LogP contribution in [-0.2, 0) is 5.54 Å². The summed E-state index contributed by atoms with van der Waals surface area (Å²) in [5.74, 6) is 0.522. The molecule has 8 nitrogen and oxygen atoms in total. The van der Waals surface area contributed by atoms with E-state index < -0.39 is 5.54 Å². The molecule has 0 radical (unpaired) electrons. The van der Waals surface area contributed by atoms with Crippen molar-refractivity contribution in [2.45, 2.75) is 19.4 Å². The summed E-state index contributed by atoms with van der Waals surface area (Å²) in [6.45, 7) is 4.03. The molecule has 0 fully saturated rings. The smallest absolute Gasteiger partial charge is 0.320 e. The standard InChI is InChI=1S/C19H19N7O/c1-19(2,13-6-4-3-5-7-13)25-17-22-16(23-18(27)24-17)21-14-9-8-12-11-20-26-15(12)10-14/h3-11H,1-2H3,(H,20,26)(H3,21,22,23,24,25,27). The van der Waals surface area contributed by atoms with E-state index in [1.807, 2.05) is 62.4 Å². The molecule has 0 aliphatic heterocycles. The Morgan fingerprint density at radius 3 is 2.56 bits per heavy atom. The van der Waals surface area contributed by atoms with Gasteiger partial charge in [-0.15, -0.1) is 0 Å². The Labute approximate surface area is 155 Å². The highest BCUT2D eigenvalue weighted by Gasteiger charge is 2.22. The summed E-state index contributed by atoms with van der Waals surface area (Å²) in [5.41, 5.74) is 2.30. The van der Waals surface area contributed by atoms with Crippen LogP contribution in [0, 0.1) is 0 Å². The minimum absolute atomic E-state index is 0.243. The monoisotopic (exact) mass is 361 g/mol. The lowest BCUT2D eigenvalue weighted by Gasteiger charge is -2.26. The van der Waals surface area contributed by atoms with Crippen molar-refractivity contribution in [3.8, 4) is 6.01 Å². The fraction of sp³-hybridized carbons (Fsp3) is 0.158. The van der Waals surface area contributed by atoms with Crippen molar-refractivity contribution in [2.75, 3.05) is 10.6 Å². The molecule has 0 saturated heterocycles. The van der Waals surface area contributed by atoms with Gasteiger partial charge in [0.05, 0.1) is 17.3 Å². The molecule has 8 heteroatoms. The van der Waals surface area contributed by atoms with Gasteiger partial charge in [-0.05, 0) is 37.6 Å². The van der Waals surface area contributed by atoms with E-state index in [0.717, 1.165) is 22.2 Å². The van der Waals surface area contributed by atoms with Crippen LogP contribution >= 0.6 is 0 Å². The quantitative estimate of drug-likeness (QED) is 0.430. The Balaban J connectivity index is 1.59. The number of aromatic amines is 1. The van der Waals surface area contributed by atoms with Crippen LogP contribution in [0.15, 0.2) is 54.7 Å². The van der Waals surface area contributed by atoms with E-state index in [9.17, 15) is 5.11 Å². The van der Waals surface area contributed by atoms with Gasteiger partial charge in [-0.3, -0.25) is 5.10 Å². The minimum atomic E-state index is -0.429. The second-order valence-electron chi connectivity index (χ2n) is 6.70. The molecule has 0 amide bonds. The fourth-order valence-corrected chi connectivity index (χ4v) is 2.83. The number of fused-ring (bicyclic) bond motifs is 1. The van der Waals surface area contributed by atoms with Crippen LogP contribution < -0.4 is 10.6 Å². The van der Waals surface area contributed by atoms with E-state index in [0.29, 0.717) is 0 Å². The maximum Gasteiger partial charge on any atom is 0.320 e. The molecular weight excluding hydrogens is 342 g/mol. The van der Waals surface area contributed by atoms with Crippen molar-refractivity contribution in [2.24, 2.45) is 0 Å². The van der Waals surface area contributed by atoms with Crippen molar-refractivity contribution < 1.29 is 5.11 Å². The predicted molar refractivity (Wildman–Crippen MR) is 104 cm³/mol. The molecule has 0 atom stereocenters. The van der Waals surface area contributed by atoms with E-state index in [1.165, 1.54) is 0 Å². The van der Waals surface area contributed by atoms with Crippen molar-refractivity contribution in [3.05, 3.63) is 60.3 Å². The van der Waals surface area contributed by atoms with E-state index in [-0.39, 0.29) is 17.9 Å². The molecule has 0 unspecified atom stereocenters. The largest absolute Gasteiger partial charge is 0.479 e. The maximum absolute atomic E-state index is 9.92. The molecule has 0 saturated carbocycles. The molecule has 4 N–H and O–H groups in total. The summed E-state index contributed by atoms with van der Waals surface area (Å²) in [7, 11) is 0. The first-order valence-corrected chi connectivity index (χ1v) is 8.48. The normalized spacial score (nSPS) is 11.5. The number of benzene rings is 2. The molecule has 0 bridgehead atoms. The summed E-state index contributed by atoms with van der Waals surface area (Å²) >= 11 is 0. The first-order valence-electron chi connectivity index (χ1n) is 8.48. The molecule has 0 spiro atoms. The highest BCUT2D eigenvalue weighted by atomic mass is 16.3. The molecule has 136 valence electrons. The third-order valence-electron chi connectivity index (χ3n) is 4.24. The molecule has 4 rings (SSSR count). The van der Waals surface area contributed by atoms with Gasteiger partial charge in [-0.25, -0.2) is 0 Å². The van der Waals surface area contributed by atoms with Gasteiger partial charge < -0.3 is 15.7 Å². The van der Waals surface area contributed by atoms with Crippen LogP contribution in [0.2, 0.25) is 0 Å². The zero-order valence-corrected chi connectivity index (χ0v) is 14.9. The number of anilines is 3. The molecule has 0 aliphatic carbocycles. The number of H-pyrrole nitrogens is 1. The van der Waals surface area contributed by atoms with Gasteiger partial charge in [-0.2, -0.15) is 20.1 Å². The Kier molecular flexibility index (Phi) is 4.08. The fourth-order valence-electron chi connectivity index (χ4n) is 2.83. The van der Waals surface area contributed by atoms with E-state index >= 15 is 0 Å². The molecular formula is C19H19N7O. The number of nitrogens with zero attached hydrogens (tertiary/aromatic N) is 4. The first-order chi connectivity index (χ1) is 13.0. The molecule has 2 aromatic heterocycles. The number of hydrogen-bond acceptors (Lipinski definition) is 7. The summed E-state index contributed by atoms with van der Waals surface area (Å²) in [6.07, 6.45) is 1.75. The van der Waals surface area contributed by atoms with Crippen molar-refractivity contribution in [1.82, 2.24) is 25.1 Å². The highest BCUT2D eigenvalue weighted by molar-refractivity contribution is 5.82. The average molecular weight is 361 g/mol. The Morgan fingerprint density at radius 1 is 0.963 bits per heavy atom. The second-order valence-corrected chi connectivity index (χ2v) is 6.70. The number of hydrogen-bond donors (Lipinski definition) is 4. The molecule has 27 heavy (non-hydrogen) atoms. The SMILES string of the molecule is CC(C)(Nc1nc(O)nc(Nc2ccc3cn[nH]c3c2)n1)c1ccccc1. The van der Waals surface area contributed by atoms with Crippen LogP contribution in [0.5, 0.6) is 6.01 Å². The van der Waals surface area contributed by atoms with Gasteiger partial charge in [0.25, 0.3) is 0 Å². The van der Waals surface area contributed by atoms with Crippen LogP contribution in [0.3, 0.4) is 0 Å². The molecule has 0 aliphatic rings. The second kappa shape index (κ2) is 6.56. The predicted octanol–water partition coefficient (Wildman–Crippen LogP) is 3.54. The number of rotatable bonds is 5. The molecule has 4 aromatic rings. The molecule has 2 aromatic carbocycles. The molecule has 2 heterocycles. The summed E-state index contributed by atoms with van der Waals surface area (Å²) < 4.78 is 0. The Bertz CT molecular complexity index is 1080. The van der Waals surface area contributed by atoms with Gasteiger partial charge in [0, 0.05) is 11.1 Å². The van der Waals surface area contributed by atoms with Crippen molar-refractivity contribution in [1.29, 1.82) is 0 Å². The summed E-state index contributed by atoms with van der Waals surface area (Å²) in [6, 6.07) is 15.3. The van der Waals surface area contributed by atoms with Crippen LogP contribution in [0.4, 0.5) is 17.6 Å². The van der Waals surface area contributed by atoms with Crippen molar-refractivity contribution in [3.63, 3.8) is 0 Å². The van der Waals surface area contributed by atoms with Gasteiger partial charge in [-0.1, -0.05) is 30.3 Å². The zero-order valence-electron chi connectivity index (χ0n) is 14.9. The third-order valence-corrected chi connectivity index (χ3v) is 4.24. The first kappa shape index (κ1) is 16.8. The lowest BCUT2D eigenvalue weighted by atomic mass is 9.95. The summed E-state index contributed by atoms with van der Waals surface area (Å²) in [5, 5.41) is 24.2. The number of nitrogens with one attached hydrogen (secondary N) is 3. The van der Waals surface area contributed by atoms with Crippen molar-refractivity contribution >= 4 is 28.5 Å². The van der Waals surface area contributed by atoms with Crippen LogP contribution in [0.1, 0.15) is 19.4 Å². The van der Waals surface area contributed by atoms with E-state index in [1.54, 1.807) is 6.20 Å². The summed E-state index contributed by atoms with van der Waals surface area (Å²) in [4.78, 5) is 12.3. The lowest BCUT2D eigenvalue weighted by Crippen LogP contribution is -2.29. The third kappa shape index (κ3) is 3.64. The Morgan fingerprint density at radius 2 is 1.74 bits per heavy atom. The number of aromatic nitrogens is 5. The van der Waals surface area contributed by atoms with Gasteiger partial charge in [0.2, 0.25) is 11.9 Å². The van der Waals surface area contributed by atoms with Gasteiger partial charge >= 0.3 is 6.01 Å². The minimum Gasteiger partial charge on any atom is -0.479 e. The van der Waals surface area contributed by atoms with Crippen LogP contribution in [0.25, 0.3) is 10.9 Å².